The Hall–Kier alpha value is -0.160. The van der Waals surface area contributed by atoms with Gasteiger partial charge >= 0.3 is 0 Å². The van der Waals surface area contributed by atoms with E-state index in [1.165, 1.54) is 64.8 Å². The third kappa shape index (κ3) is 3.35. The molecule has 116 valence electrons. The van der Waals surface area contributed by atoms with Crippen molar-refractivity contribution < 1.29 is 4.74 Å². The first kappa shape index (κ1) is 14.8. The number of hydrogen-bond acceptors (Lipinski definition) is 4. The molecule has 3 saturated heterocycles. The lowest BCUT2D eigenvalue weighted by molar-refractivity contribution is -0.00429. The predicted molar refractivity (Wildman–Crippen MR) is 82.1 cm³/mol. The fourth-order valence-electron chi connectivity index (χ4n) is 4.47. The van der Waals surface area contributed by atoms with E-state index in [2.05, 4.69) is 22.2 Å². The lowest BCUT2D eigenvalue weighted by atomic mass is 9.79. The van der Waals surface area contributed by atoms with Crippen LogP contribution in [0.4, 0.5) is 0 Å². The van der Waals surface area contributed by atoms with Gasteiger partial charge in [0.2, 0.25) is 0 Å². The van der Waals surface area contributed by atoms with E-state index in [0.717, 1.165) is 25.8 Å². The summed E-state index contributed by atoms with van der Waals surface area (Å²) in [6.45, 7) is 9.56. The molecule has 0 amide bonds. The molecule has 0 radical (unpaired) electrons. The summed E-state index contributed by atoms with van der Waals surface area (Å²) in [6.07, 6.45) is 6.62. The first-order valence-corrected chi connectivity index (χ1v) is 8.50. The molecule has 20 heavy (non-hydrogen) atoms. The highest BCUT2D eigenvalue weighted by Crippen LogP contribution is 2.32. The van der Waals surface area contributed by atoms with Gasteiger partial charge in [0.15, 0.2) is 0 Å². The molecule has 0 aromatic heterocycles. The Labute approximate surface area is 123 Å². The van der Waals surface area contributed by atoms with Crippen LogP contribution in [0.1, 0.15) is 32.1 Å². The Bertz CT molecular complexity index is 299. The molecule has 0 spiro atoms. The standard InChI is InChI=1S/C16H31N3O/c1-17-13-16(5-10-20-11-6-16)14-18-7-3-9-19-8-2-4-15(19)12-18/h15,17H,2-14H2,1H3. The fraction of sp³-hybridized carbons (Fsp3) is 1.00. The van der Waals surface area contributed by atoms with Gasteiger partial charge in [-0.3, -0.25) is 4.90 Å². The molecule has 3 aliphatic rings. The van der Waals surface area contributed by atoms with Gasteiger partial charge in [-0.2, -0.15) is 0 Å². The summed E-state index contributed by atoms with van der Waals surface area (Å²) in [5.74, 6) is 0. The van der Waals surface area contributed by atoms with Gasteiger partial charge in [-0.25, -0.2) is 0 Å². The van der Waals surface area contributed by atoms with Crippen LogP contribution in [0.15, 0.2) is 0 Å². The SMILES string of the molecule is CNCC1(CN2CCCN3CCCC3C2)CCOCC1. The van der Waals surface area contributed by atoms with Crippen LogP contribution in [-0.4, -0.2) is 75.4 Å². The van der Waals surface area contributed by atoms with Crippen molar-refractivity contribution in [1.29, 1.82) is 0 Å². The van der Waals surface area contributed by atoms with E-state index in [4.69, 9.17) is 4.74 Å². The number of fused-ring (bicyclic) bond motifs is 1. The van der Waals surface area contributed by atoms with Crippen molar-refractivity contribution in [2.24, 2.45) is 5.41 Å². The van der Waals surface area contributed by atoms with Gasteiger partial charge in [-0.1, -0.05) is 0 Å². The molecule has 3 aliphatic heterocycles. The Balaban J connectivity index is 1.61. The number of rotatable bonds is 4. The van der Waals surface area contributed by atoms with Crippen molar-refractivity contribution in [3.63, 3.8) is 0 Å². The molecule has 3 fully saturated rings. The van der Waals surface area contributed by atoms with E-state index in [-0.39, 0.29) is 0 Å². The summed E-state index contributed by atoms with van der Waals surface area (Å²) >= 11 is 0. The van der Waals surface area contributed by atoms with Gasteiger partial charge in [-0.05, 0) is 64.2 Å². The molecule has 1 N–H and O–H groups in total. The van der Waals surface area contributed by atoms with E-state index >= 15 is 0 Å². The molecule has 0 bridgehead atoms. The zero-order valence-electron chi connectivity index (χ0n) is 13.1. The monoisotopic (exact) mass is 281 g/mol. The molecule has 3 rings (SSSR count). The fourth-order valence-corrected chi connectivity index (χ4v) is 4.47. The molecule has 0 aliphatic carbocycles. The predicted octanol–water partition coefficient (Wildman–Crippen LogP) is 1.17. The number of nitrogens with one attached hydrogen (secondary N) is 1. The van der Waals surface area contributed by atoms with Gasteiger partial charge in [0.25, 0.3) is 0 Å². The number of ether oxygens (including phenoxy) is 1. The zero-order chi connectivity index (χ0) is 13.8. The van der Waals surface area contributed by atoms with Crippen LogP contribution in [0.3, 0.4) is 0 Å². The maximum Gasteiger partial charge on any atom is 0.0472 e. The average Bonchev–Trinajstić information content (AvgIpc) is 2.79. The highest BCUT2D eigenvalue weighted by molar-refractivity contribution is 4.91. The Morgan fingerprint density at radius 3 is 2.75 bits per heavy atom. The van der Waals surface area contributed by atoms with Crippen molar-refractivity contribution in [3.05, 3.63) is 0 Å². The van der Waals surface area contributed by atoms with E-state index in [9.17, 15) is 0 Å². The van der Waals surface area contributed by atoms with Gasteiger partial charge in [0.05, 0.1) is 0 Å². The largest absolute Gasteiger partial charge is 0.381 e. The number of nitrogens with zero attached hydrogens (tertiary/aromatic N) is 2. The summed E-state index contributed by atoms with van der Waals surface area (Å²) in [7, 11) is 2.10. The zero-order valence-corrected chi connectivity index (χ0v) is 13.1. The second-order valence-electron chi connectivity index (χ2n) is 7.06. The highest BCUT2D eigenvalue weighted by Gasteiger charge is 2.36. The van der Waals surface area contributed by atoms with E-state index in [1.807, 2.05) is 0 Å². The molecule has 0 aromatic rings. The smallest absolute Gasteiger partial charge is 0.0472 e. The molecule has 3 heterocycles. The molecule has 1 unspecified atom stereocenters. The molecule has 0 aromatic carbocycles. The first-order valence-electron chi connectivity index (χ1n) is 8.50. The van der Waals surface area contributed by atoms with Crippen molar-refractivity contribution in [2.45, 2.75) is 38.1 Å². The lowest BCUT2D eigenvalue weighted by Crippen LogP contribution is -2.48. The average molecular weight is 281 g/mol. The van der Waals surface area contributed by atoms with E-state index < -0.39 is 0 Å². The topological polar surface area (TPSA) is 27.7 Å². The summed E-state index contributed by atoms with van der Waals surface area (Å²) in [5, 5.41) is 3.44. The van der Waals surface area contributed by atoms with Crippen LogP contribution in [-0.2, 0) is 4.74 Å². The van der Waals surface area contributed by atoms with Crippen molar-refractivity contribution in [2.75, 3.05) is 59.5 Å². The molecule has 4 nitrogen and oxygen atoms in total. The minimum Gasteiger partial charge on any atom is -0.381 e. The Kier molecular flexibility index (Phi) is 4.97. The summed E-state index contributed by atoms with van der Waals surface area (Å²) in [5.41, 5.74) is 0.445. The lowest BCUT2D eigenvalue weighted by Gasteiger charge is -2.41. The molecular formula is C16H31N3O. The Morgan fingerprint density at radius 1 is 1.15 bits per heavy atom. The van der Waals surface area contributed by atoms with Crippen molar-refractivity contribution >= 4 is 0 Å². The van der Waals surface area contributed by atoms with Gasteiger partial charge < -0.3 is 15.0 Å². The highest BCUT2D eigenvalue weighted by atomic mass is 16.5. The van der Waals surface area contributed by atoms with Gasteiger partial charge in [0.1, 0.15) is 0 Å². The molecular weight excluding hydrogens is 250 g/mol. The van der Waals surface area contributed by atoms with E-state index in [0.29, 0.717) is 5.41 Å². The van der Waals surface area contributed by atoms with Crippen LogP contribution >= 0.6 is 0 Å². The third-order valence-corrected chi connectivity index (χ3v) is 5.55. The third-order valence-electron chi connectivity index (χ3n) is 5.55. The van der Waals surface area contributed by atoms with Crippen LogP contribution in [0, 0.1) is 5.41 Å². The number of hydrogen-bond donors (Lipinski definition) is 1. The minimum absolute atomic E-state index is 0.445. The van der Waals surface area contributed by atoms with Crippen LogP contribution in [0.5, 0.6) is 0 Å². The first-order chi connectivity index (χ1) is 9.81. The summed E-state index contributed by atoms with van der Waals surface area (Å²) in [4.78, 5) is 5.49. The van der Waals surface area contributed by atoms with Gasteiger partial charge in [-0.15, -0.1) is 0 Å². The maximum absolute atomic E-state index is 5.60. The molecule has 1 atom stereocenters. The molecule has 0 saturated carbocycles. The van der Waals surface area contributed by atoms with Crippen molar-refractivity contribution in [3.8, 4) is 0 Å². The quantitative estimate of drug-likeness (QED) is 0.837. The Morgan fingerprint density at radius 2 is 1.95 bits per heavy atom. The van der Waals surface area contributed by atoms with Crippen molar-refractivity contribution in [1.82, 2.24) is 15.1 Å². The normalized spacial score (nSPS) is 31.9. The van der Waals surface area contributed by atoms with E-state index in [1.54, 1.807) is 0 Å². The second kappa shape index (κ2) is 6.73. The van der Waals surface area contributed by atoms with Crippen LogP contribution < -0.4 is 5.32 Å². The maximum atomic E-state index is 5.60. The second-order valence-corrected chi connectivity index (χ2v) is 7.06. The summed E-state index contributed by atoms with van der Waals surface area (Å²) in [6, 6.07) is 0.837. The van der Waals surface area contributed by atoms with Gasteiger partial charge in [0, 0.05) is 38.9 Å². The minimum atomic E-state index is 0.445. The molecule has 4 heteroatoms. The summed E-state index contributed by atoms with van der Waals surface area (Å²) < 4.78 is 5.60. The van der Waals surface area contributed by atoms with Crippen LogP contribution in [0.2, 0.25) is 0 Å². The van der Waals surface area contributed by atoms with Crippen LogP contribution in [0.25, 0.3) is 0 Å².